The number of aliphatic hydroxyl groups excluding tert-OH is 1. The van der Waals surface area contributed by atoms with Crippen LogP contribution in [0.5, 0.6) is 0 Å². The summed E-state index contributed by atoms with van der Waals surface area (Å²) < 4.78 is 5.60. The summed E-state index contributed by atoms with van der Waals surface area (Å²) in [6.45, 7) is 8.34. The Morgan fingerprint density at radius 2 is 1.67 bits per heavy atom. The molecule has 0 aromatic heterocycles. The number of hydrogen-bond acceptors (Lipinski definition) is 2. The molecule has 0 saturated carbocycles. The van der Waals surface area contributed by atoms with Crippen molar-refractivity contribution in [3.63, 3.8) is 0 Å². The number of aryl methyl sites for hydroxylation is 2. The van der Waals surface area contributed by atoms with E-state index in [0.717, 1.165) is 12.8 Å². The van der Waals surface area contributed by atoms with Gasteiger partial charge >= 0.3 is 0 Å². The van der Waals surface area contributed by atoms with Gasteiger partial charge in [-0.05, 0) is 43.4 Å². The average molecular weight is 250 g/mol. The van der Waals surface area contributed by atoms with E-state index >= 15 is 0 Å². The Morgan fingerprint density at radius 1 is 1.17 bits per heavy atom. The van der Waals surface area contributed by atoms with Gasteiger partial charge in [0.05, 0.1) is 11.7 Å². The number of ether oxygens (including phenoxy) is 1. The second-order valence-corrected chi connectivity index (χ2v) is 5.07. The van der Waals surface area contributed by atoms with E-state index in [2.05, 4.69) is 45.9 Å². The van der Waals surface area contributed by atoms with Gasteiger partial charge in [-0.15, -0.1) is 0 Å². The minimum Gasteiger partial charge on any atom is -0.390 e. The lowest BCUT2D eigenvalue weighted by atomic mass is 9.85. The zero-order valence-electron chi connectivity index (χ0n) is 12.3. The van der Waals surface area contributed by atoms with Crippen LogP contribution >= 0.6 is 0 Å². The van der Waals surface area contributed by atoms with Crippen molar-refractivity contribution in [1.82, 2.24) is 0 Å². The third-order valence-electron chi connectivity index (χ3n) is 4.25. The molecule has 1 rings (SSSR count). The second kappa shape index (κ2) is 6.35. The lowest BCUT2D eigenvalue weighted by Gasteiger charge is -2.35. The molecule has 0 heterocycles. The van der Waals surface area contributed by atoms with E-state index in [-0.39, 0.29) is 0 Å². The van der Waals surface area contributed by atoms with Gasteiger partial charge < -0.3 is 9.84 Å². The van der Waals surface area contributed by atoms with Gasteiger partial charge in [-0.1, -0.05) is 32.0 Å². The molecular formula is C16H26O2. The van der Waals surface area contributed by atoms with Gasteiger partial charge in [0, 0.05) is 13.5 Å². The Labute approximate surface area is 111 Å². The van der Waals surface area contributed by atoms with Gasteiger partial charge in [0.1, 0.15) is 0 Å². The van der Waals surface area contributed by atoms with Gasteiger partial charge in [0.25, 0.3) is 0 Å². The fraction of sp³-hybridized carbons (Fsp3) is 0.625. The first-order valence-electron chi connectivity index (χ1n) is 6.79. The number of hydrogen-bond donors (Lipinski definition) is 1. The maximum atomic E-state index is 10.5. The first-order valence-corrected chi connectivity index (χ1v) is 6.79. The van der Waals surface area contributed by atoms with Crippen LogP contribution in [0.25, 0.3) is 0 Å². The summed E-state index contributed by atoms with van der Waals surface area (Å²) in [7, 11) is 1.70. The third-order valence-corrected chi connectivity index (χ3v) is 4.25. The average Bonchev–Trinajstić information content (AvgIpc) is 2.37. The van der Waals surface area contributed by atoms with E-state index in [4.69, 9.17) is 4.74 Å². The summed E-state index contributed by atoms with van der Waals surface area (Å²) in [5, 5.41) is 10.5. The predicted molar refractivity (Wildman–Crippen MR) is 75.9 cm³/mol. The molecule has 18 heavy (non-hydrogen) atoms. The molecule has 0 amide bonds. The zero-order chi connectivity index (χ0) is 13.8. The molecule has 1 aromatic carbocycles. The van der Waals surface area contributed by atoms with Gasteiger partial charge in [0.15, 0.2) is 0 Å². The number of benzene rings is 1. The molecule has 102 valence electrons. The first kappa shape index (κ1) is 15.2. The van der Waals surface area contributed by atoms with Gasteiger partial charge in [-0.3, -0.25) is 0 Å². The van der Waals surface area contributed by atoms with Crippen LogP contribution in [0.3, 0.4) is 0 Å². The van der Waals surface area contributed by atoms with Crippen LogP contribution < -0.4 is 0 Å². The minimum absolute atomic E-state index is 0.422. The summed E-state index contributed by atoms with van der Waals surface area (Å²) in [4.78, 5) is 0. The molecule has 0 saturated heterocycles. The van der Waals surface area contributed by atoms with E-state index in [1.165, 1.54) is 16.7 Å². The number of aliphatic hydroxyl groups is 1. The van der Waals surface area contributed by atoms with Crippen molar-refractivity contribution in [2.45, 2.75) is 58.7 Å². The molecule has 0 radical (unpaired) electrons. The summed E-state index contributed by atoms with van der Waals surface area (Å²) in [5.41, 5.74) is 3.31. The lowest BCUT2D eigenvalue weighted by Crippen LogP contribution is -2.44. The Kier molecular flexibility index (Phi) is 5.36. The van der Waals surface area contributed by atoms with Crippen molar-refractivity contribution in [3.8, 4) is 0 Å². The monoisotopic (exact) mass is 250 g/mol. The Balaban J connectivity index is 2.96. The van der Waals surface area contributed by atoms with Gasteiger partial charge in [-0.25, -0.2) is 0 Å². The molecule has 1 aromatic rings. The largest absolute Gasteiger partial charge is 0.390 e. The molecule has 0 aliphatic rings. The van der Waals surface area contributed by atoms with Crippen molar-refractivity contribution >= 4 is 0 Å². The smallest absolute Gasteiger partial charge is 0.0934 e. The van der Waals surface area contributed by atoms with Crippen LogP contribution in [0, 0.1) is 13.8 Å². The van der Waals surface area contributed by atoms with Crippen LogP contribution in [0.1, 0.15) is 43.4 Å². The SMILES string of the molecule is CCC(CC)(OC)C(O)Cc1c(C)cccc1C. The quantitative estimate of drug-likeness (QED) is 0.838. The van der Waals surface area contributed by atoms with Gasteiger partial charge in [0.2, 0.25) is 0 Å². The number of rotatable bonds is 6. The van der Waals surface area contributed by atoms with Crippen LogP contribution in [-0.2, 0) is 11.2 Å². The highest BCUT2D eigenvalue weighted by atomic mass is 16.5. The highest BCUT2D eigenvalue weighted by Gasteiger charge is 2.34. The molecule has 1 atom stereocenters. The van der Waals surface area contributed by atoms with Crippen molar-refractivity contribution in [1.29, 1.82) is 0 Å². The van der Waals surface area contributed by atoms with Crippen molar-refractivity contribution in [2.75, 3.05) is 7.11 Å². The minimum atomic E-state index is -0.461. The maximum Gasteiger partial charge on any atom is 0.0934 e. The van der Waals surface area contributed by atoms with E-state index in [1.807, 2.05) is 0 Å². The predicted octanol–water partition coefficient (Wildman–Crippen LogP) is 3.41. The molecule has 0 aliphatic heterocycles. The fourth-order valence-corrected chi connectivity index (χ4v) is 2.70. The molecular weight excluding hydrogens is 224 g/mol. The lowest BCUT2D eigenvalue weighted by molar-refractivity contribution is -0.106. The molecule has 1 N–H and O–H groups in total. The Morgan fingerprint density at radius 3 is 2.06 bits per heavy atom. The molecule has 1 unspecified atom stereocenters. The topological polar surface area (TPSA) is 29.5 Å². The van der Waals surface area contributed by atoms with Crippen LogP contribution in [0.15, 0.2) is 18.2 Å². The molecule has 0 bridgehead atoms. The Hall–Kier alpha value is -0.860. The Bertz CT molecular complexity index is 352. The summed E-state index contributed by atoms with van der Waals surface area (Å²) in [6, 6.07) is 6.26. The van der Waals surface area contributed by atoms with Crippen LogP contribution in [0.2, 0.25) is 0 Å². The third kappa shape index (κ3) is 2.93. The maximum absolute atomic E-state index is 10.5. The van der Waals surface area contributed by atoms with Crippen LogP contribution in [-0.4, -0.2) is 23.9 Å². The second-order valence-electron chi connectivity index (χ2n) is 5.07. The highest BCUT2D eigenvalue weighted by molar-refractivity contribution is 5.34. The summed E-state index contributed by atoms with van der Waals surface area (Å²) in [6.07, 6.45) is 1.85. The molecule has 0 aliphatic carbocycles. The van der Waals surface area contributed by atoms with Crippen molar-refractivity contribution in [2.24, 2.45) is 0 Å². The van der Waals surface area contributed by atoms with Crippen LogP contribution in [0.4, 0.5) is 0 Å². The molecule has 2 nitrogen and oxygen atoms in total. The zero-order valence-corrected chi connectivity index (χ0v) is 12.3. The van der Waals surface area contributed by atoms with E-state index in [9.17, 15) is 5.11 Å². The van der Waals surface area contributed by atoms with Crippen molar-refractivity contribution in [3.05, 3.63) is 34.9 Å². The highest BCUT2D eigenvalue weighted by Crippen LogP contribution is 2.28. The standard InChI is InChI=1S/C16H26O2/c1-6-16(7-2,18-5)15(17)11-14-12(3)9-8-10-13(14)4/h8-10,15,17H,6-7,11H2,1-5H3. The first-order chi connectivity index (χ1) is 8.50. The molecule has 0 spiro atoms. The molecule has 0 fully saturated rings. The van der Waals surface area contributed by atoms with Gasteiger partial charge in [-0.2, -0.15) is 0 Å². The summed E-state index contributed by atoms with van der Waals surface area (Å²) >= 11 is 0. The van der Waals surface area contributed by atoms with E-state index in [1.54, 1.807) is 7.11 Å². The van der Waals surface area contributed by atoms with Crippen molar-refractivity contribution < 1.29 is 9.84 Å². The summed E-state index contributed by atoms with van der Waals surface area (Å²) in [5.74, 6) is 0. The normalized spacial score (nSPS) is 13.7. The van der Waals surface area contributed by atoms with E-state index < -0.39 is 11.7 Å². The molecule has 2 heteroatoms. The fourth-order valence-electron chi connectivity index (χ4n) is 2.70. The van der Waals surface area contributed by atoms with E-state index in [0.29, 0.717) is 6.42 Å². The number of methoxy groups -OCH3 is 1.